The topological polar surface area (TPSA) is 63.1 Å². The van der Waals surface area contributed by atoms with E-state index >= 15 is 0 Å². The summed E-state index contributed by atoms with van der Waals surface area (Å²) in [4.78, 5) is 19.5. The number of aromatic nitrogens is 3. The minimum absolute atomic E-state index is 0.124. The lowest BCUT2D eigenvalue weighted by atomic mass is 9.91. The van der Waals surface area contributed by atoms with Crippen LogP contribution >= 0.6 is 0 Å². The molecule has 2 aliphatic rings. The Balaban J connectivity index is 1.53. The Hall–Kier alpha value is -2.37. The first-order valence-electron chi connectivity index (χ1n) is 9.70. The molecule has 2 fully saturated rings. The Morgan fingerprint density at radius 2 is 2.12 bits per heavy atom. The van der Waals surface area contributed by atoms with E-state index in [0.717, 1.165) is 49.7 Å². The van der Waals surface area contributed by atoms with Crippen molar-refractivity contribution in [2.75, 3.05) is 25.5 Å². The van der Waals surface area contributed by atoms with E-state index in [1.54, 1.807) is 0 Å². The summed E-state index contributed by atoms with van der Waals surface area (Å²) in [5, 5.41) is 7.76. The maximum Gasteiger partial charge on any atom is 0.272 e. The summed E-state index contributed by atoms with van der Waals surface area (Å²) in [6.07, 6.45) is 6.39. The van der Waals surface area contributed by atoms with Crippen molar-refractivity contribution in [3.8, 4) is 0 Å². The van der Waals surface area contributed by atoms with Gasteiger partial charge in [-0.1, -0.05) is 0 Å². The van der Waals surface area contributed by atoms with Crippen LogP contribution in [0, 0.1) is 0 Å². The van der Waals surface area contributed by atoms with Gasteiger partial charge in [0.05, 0.1) is 5.69 Å². The molecule has 138 valence electrons. The highest BCUT2D eigenvalue weighted by molar-refractivity contribution is 5.93. The molecule has 1 saturated heterocycles. The van der Waals surface area contributed by atoms with Crippen LogP contribution in [0.1, 0.15) is 66.2 Å². The summed E-state index contributed by atoms with van der Waals surface area (Å²) < 4.78 is 1.88. The van der Waals surface area contributed by atoms with Crippen LogP contribution < -0.4 is 5.32 Å². The van der Waals surface area contributed by atoms with E-state index in [0.29, 0.717) is 11.8 Å². The molecule has 0 aromatic carbocycles. The Bertz CT molecular complexity index is 795. The summed E-state index contributed by atoms with van der Waals surface area (Å²) in [5.74, 6) is 1.94. The van der Waals surface area contributed by atoms with Crippen LogP contribution in [0.3, 0.4) is 0 Å². The third-order valence-electron chi connectivity index (χ3n) is 5.53. The fourth-order valence-electron chi connectivity index (χ4n) is 3.86. The molecule has 0 bridgehead atoms. The molecular formula is C20H27N5O. The number of likely N-dealkylation sites (tertiary alicyclic amines) is 1. The molecule has 0 spiro atoms. The van der Waals surface area contributed by atoms with Crippen LogP contribution in [0.4, 0.5) is 5.82 Å². The van der Waals surface area contributed by atoms with Crippen molar-refractivity contribution in [1.82, 2.24) is 19.7 Å². The fourth-order valence-corrected chi connectivity index (χ4v) is 3.86. The van der Waals surface area contributed by atoms with Crippen LogP contribution in [0.15, 0.2) is 24.4 Å². The van der Waals surface area contributed by atoms with Crippen LogP contribution in [-0.2, 0) is 6.54 Å². The molecule has 4 rings (SSSR count). The van der Waals surface area contributed by atoms with E-state index in [1.165, 1.54) is 18.4 Å². The molecule has 6 nitrogen and oxygen atoms in total. The lowest BCUT2D eigenvalue weighted by molar-refractivity contribution is 0.0694. The van der Waals surface area contributed by atoms with Gasteiger partial charge in [-0.15, -0.1) is 0 Å². The Morgan fingerprint density at radius 3 is 2.85 bits per heavy atom. The van der Waals surface area contributed by atoms with Crippen molar-refractivity contribution in [3.63, 3.8) is 0 Å². The van der Waals surface area contributed by atoms with Crippen LogP contribution in [-0.4, -0.2) is 45.7 Å². The van der Waals surface area contributed by atoms with E-state index in [1.807, 2.05) is 28.9 Å². The zero-order valence-electron chi connectivity index (χ0n) is 15.6. The molecule has 0 radical (unpaired) electrons. The number of aryl methyl sites for hydroxylation is 1. The predicted octanol–water partition coefficient (Wildman–Crippen LogP) is 3.24. The van der Waals surface area contributed by atoms with E-state index in [2.05, 4.69) is 34.5 Å². The molecule has 1 aliphatic carbocycles. The van der Waals surface area contributed by atoms with Crippen molar-refractivity contribution in [1.29, 1.82) is 0 Å². The van der Waals surface area contributed by atoms with E-state index in [4.69, 9.17) is 0 Å². The minimum atomic E-state index is 0.124. The first kappa shape index (κ1) is 17.1. The lowest BCUT2D eigenvalue weighted by Crippen LogP contribution is -2.40. The average molecular weight is 353 g/mol. The summed E-state index contributed by atoms with van der Waals surface area (Å²) >= 11 is 0. The highest BCUT2D eigenvalue weighted by Gasteiger charge is 2.31. The van der Waals surface area contributed by atoms with Gasteiger partial charge in [-0.3, -0.25) is 9.48 Å². The van der Waals surface area contributed by atoms with Gasteiger partial charge in [0.2, 0.25) is 0 Å². The van der Waals surface area contributed by atoms with Gasteiger partial charge in [0, 0.05) is 44.7 Å². The fraction of sp³-hybridized carbons (Fsp3) is 0.550. The second kappa shape index (κ2) is 7.09. The summed E-state index contributed by atoms with van der Waals surface area (Å²) in [5.41, 5.74) is 3.10. The minimum Gasteiger partial charge on any atom is -0.373 e. The molecule has 3 heterocycles. The molecule has 0 unspecified atom stereocenters. The molecule has 2 aromatic rings. The zero-order chi connectivity index (χ0) is 18.1. The number of hydrogen-bond acceptors (Lipinski definition) is 4. The van der Waals surface area contributed by atoms with Crippen molar-refractivity contribution < 1.29 is 4.79 Å². The van der Waals surface area contributed by atoms with E-state index in [9.17, 15) is 4.79 Å². The quantitative estimate of drug-likeness (QED) is 0.896. The van der Waals surface area contributed by atoms with Gasteiger partial charge in [-0.05, 0) is 56.4 Å². The average Bonchev–Trinajstić information content (AvgIpc) is 3.46. The maximum absolute atomic E-state index is 13.2. The maximum atomic E-state index is 13.2. The largest absolute Gasteiger partial charge is 0.373 e. The van der Waals surface area contributed by atoms with Crippen LogP contribution in [0.5, 0.6) is 0 Å². The lowest BCUT2D eigenvalue weighted by Gasteiger charge is -2.33. The number of pyridine rings is 1. The molecule has 1 aliphatic heterocycles. The summed E-state index contributed by atoms with van der Waals surface area (Å²) in [6, 6.07) is 6.19. The molecule has 1 amide bonds. The van der Waals surface area contributed by atoms with E-state index < -0.39 is 0 Å². The number of nitrogens with zero attached hydrogens (tertiary/aromatic N) is 4. The number of hydrogen-bond donors (Lipinski definition) is 1. The molecular weight excluding hydrogens is 326 g/mol. The normalized spacial score (nSPS) is 20.2. The number of piperidine rings is 1. The molecule has 1 atom stereocenters. The van der Waals surface area contributed by atoms with Crippen LogP contribution in [0.25, 0.3) is 0 Å². The van der Waals surface area contributed by atoms with Crippen molar-refractivity contribution in [2.24, 2.45) is 0 Å². The van der Waals surface area contributed by atoms with Gasteiger partial charge in [0.1, 0.15) is 11.5 Å². The summed E-state index contributed by atoms with van der Waals surface area (Å²) in [6.45, 7) is 4.38. The first-order chi connectivity index (χ1) is 12.7. The Kier molecular flexibility index (Phi) is 4.66. The van der Waals surface area contributed by atoms with Crippen LogP contribution in [0.2, 0.25) is 0 Å². The number of amides is 1. The van der Waals surface area contributed by atoms with E-state index in [-0.39, 0.29) is 5.91 Å². The van der Waals surface area contributed by atoms with Crippen molar-refractivity contribution in [3.05, 3.63) is 41.3 Å². The highest BCUT2D eigenvalue weighted by atomic mass is 16.2. The van der Waals surface area contributed by atoms with Gasteiger partial charge >= 0.3 is 0 Å². The smallest absolute Gasteiger partial charge is 0.272 e. The summed E-state index contributed by atoms with van der Waals surface area (Å²) in [7, 11) is 1.88. The Labute approximate surface area is 154 Å². The van der Waals surface area contributed by atoms with Gasteiger partial charge in [0.15, 0.2) is 0 Å². The third kappa shape index (κ3) is 3.32. The van der Waals surface area contributed by atoms with Crippen molar-refractivity contribution >= 4 is 11.7 Å². The zero-order valence-corrected chi connectivity index (χ0v) is 15.6. The van der Waals surface area contributed by atoms with Gasteiger partial charge in [-0.2, -0.15) is 5.10 Å². The second-order valence-corrected chi connectivity index (χ2v) is 7.36. The molecule has 1 saturated carbocycles. The highest BCUT2D eigenvalue weighted by Crippen LogP contribution is 2.39. The number of carbonyl (C=O) groups excluding carboxylic acids is 1. The van der Waals surface area contributed by atoms with Crippen molar-refractivity contribution in [2.45, 2.75) is 51.0 Å². The number of carbonyl (C=O) groups is 1. The molecule has 6 heteroatoms. The third-order valence-corrected chi connectivity index (χ3v) is 5.53. The predicted molar refractivity (Wildman–Crippen MR) is 102 cm³/mol. The molecule has 26 heavy (non-hydrogen) atoms. The number of anilines is 1. The number of nitrogens with one attached hydrogen (secondary N) is 1. The van der Waals surface area contributed by atoms with Gasteiger partial charge in [0.25, 0.3) is 5.91 Å². The molecule has 2 aromatic heterocycles. The SMILES string of the molecule is CCn1nc(C2CC2)cc1C(=O)N1CCC[C@H](c2ccnc(NC)c2)C1. The van der Waals surface area contributed by atoms with Gasteiger partial charge in [-0.25, -0.2) is 4.98 Å². The standard InChI is InChI=1S/C20H27N5O/c1-3-25-18(12-17(23-25)14-6-7-14)20(26)24-10-4-5-16(13-24)15-8-9-22-19(11-15)21-2/h8-9,11-12,14,16H,3-7,10,13H2,1-2H3,(H,21,22)/t16-/m0/s1. The monoisotopic (exact) mass is 353 g/mol. The second-order valence-electron chi connectivity index (χ2n) is 7.36. The van der Waals surface area contributed by atoms with Gasteiger partial charge < -0.3 is 10.2 Å². The first-order valence-corrected chi connectivity index (χ1v) is 9.70. The Morgan fingerprint density at radius 1 is 1.27 bits per heavy atom. The molecule has 1 N–H and O–H groups in total. The number of rotatable bonds is 5.